The molecule has 0 aromatic rings. The highest BCUT2D eigenvalue weighted by Crippen LogP contribution is 2.51. The van der Waals surface area contributed by atoms with Gasteiger partial charge in [-0.3, -0.25) is 0 Å². The summed E-state index contributed by atoms with van der Waals surface area (Å²) in [5.41, 5.74) is 0.282. The van der Waals surface area contributed by atoms with Crippen LogP contribution < -0.4 is 5.32 Å². The molecule has 1 saturated heterocycles. The maximum absolute atomic E-state index is 6.00. The minimum Gasteiger partial charge on any atom is -0.377 e. The van der Waals surface area contributed by atoms with Gasteiger partial charge in [-0.05, 0) is 32.9 Å². The Morgan fingerprint density at radius 3 is 2.58 bits per heavy atom. The Kier molecular flexibility index (Phi) is 4.59. The van der Waals surface area contributed by atoms with E-state index in [0.717, 1.165) is 19.1 Å². The van der Waals surface area contributed by atoms with Gasteiger partial charge in [0.05, 0.1) is 6.10 Å². The van der Waals surface area contributed by atoms with E-state index in [1.165, 1.54) is 12.8 Å². The summed E-state index contributed by atoms with van der Waals surface area (Å²) in [5.74, 6) is 1.40. The fourth-order valence-electron chi connectivity index (χ4n) is 3.94. The standard InChI is InChI=1S/C16H32N2O/c1-11(2)13(10-18(5)6)17-14-12-8-7-9-19-15(12)16(14,3)4/h11-15,17H,7-10H2,1-6H3. The van der Waals surface area contributed by atoms with Crippen molar-refractivity contribution < 1.29 is 4.74 Å². The summed E-state index contributed by atoms with van der Waals surface area (Å²) in [6.07, 6.45) is 3.04. The van der Waals surface area contributed by atoms with E-state index < -0.39 is 0 Å². The molecule has 0 radical (unpaired) electrons. The Hall–Kier alpha value is -0.120. The van der Waals surface area contributed by atoms with Crippen LogP contribution in [0.1, 0.15) is 40.5 Å². The van der Waals surface area contributed by atoms with Crippen molar-refractivity contribution in [2.45, 2.75) is 58.7 Å². The molecule has 2 fully saturated rings. The molecular formula is C16H32N2O. The van der Waals surface area contributed by atoms with Gasteiger partial charge in [-0.1, -0.05) is 27.7 Å². The molecule has 0 amide bonds. The van der Waals surface area contributed by atoms with E-state index in [2.05, 4.69) is 52.0 Å². The molecule has 0 bridgehead atoms. The van der Waals surface area contributed by atoms with Gasteiger partial charge in [0, 0.05) is 36.6 Å². The molecule has 0 aromatic carbocycles. The molecule has 2 aliphatic rings. The van der Waals surface area contributed by atoms with E-state index in [0.29, 0.717) is 24.1 Å². The molecule has 4 atom stereocenters. The van der Waals surface area contributed by atoms with Gasteiger partial charge in [0.15, 0.2) is 0 Å². The molecular weight excluding hydrogens is 236 g/mol. The fraction of sp³-hybridized carbons (Fsp3) is 1.00. The summed E-state index contributed by atoms with van der Waals surface area (Å²) in [5, 5.41) is 3.95. The lowest BCUT2D eigenvalue weighted by Gasteiger charge is -2.61. The van der Waals surface area contributed by atoms with Crippen LogP contribution in [0.5, 0.6) is 0 Å². The summed E-state index contributed by atoms with van der Waals surface area (Å²) in [7, 11) is 4.32. The van der Waals surface area contributed by atoms with Crippen LogP contribution in [0.15, 0.2) is 0 Å². The third kappa shape index (κ3) is 2.98. The lowest BCUT2D eigenvalue weighted by atomic mass is 9.55. The van der Waals surface area contributed by atoms with Crippen LogP contribution in [0.3, 0.4) is 0 Å². The second kappa shape index (κ2) is 5.71. The van der Waals surface area contributed by atoms with E-state index in [1.54, 1.807) is 0 Å². The first kappa shape index (κ1) is 15.3. The van der Waals surface area contributed by atoms with Crippen LogP contribution in [0, 0.1) is 17.3 Å². The summed E-state index contributed by atoms with van der Waals surface area (Å²) >= 11 is 0. The maximum Gasteiger partial charge on any atom is 0.0684 e. The highest BCUT2D eigenvalue weighted by atomic mass is 16.5. The van der Waals surface area contributed by atoms with Gasteiger partial charge in [0.2, 0.25) is 0 Å². The summed E-state index contributed by atoms with van der Waals surface area (Å²) in [6, 6.07) is 1.19. The second-order valence-corrected chi connectivity index (χ2v) is 7.68. The lowest BCUT2D eigenvalue weighted by Crippen LogP contribution is -2.71. The monoisotopic (exact) mass is 268 g/mol. The number of nitrogens with one attached hydrogen (secondary N) is 1. The summed E-state index contributed by atoms with van der Waals surface area (Å²) in [6.45, 7) is 11.4. The topological polar surface area (TPSA) is 24.5 Å². The molecule has 1 N–H and O–H groups in total. The van der Waals surface area contributed by atoms with Gasteiger partial charge >= 0.3 is 0 Å². The largest absolute Gasteiger partial charge is 0.377 e. The van der Waals surface area contributed by atoms with Crippen molar-refractivity contribution in [3.63, 3.8) is 0 Å². The molecule has 3 heteroatoms. The molecule has 112 valence electrons. The van der Waals surface area contributed by atoms with E-state index in [4.69, 9.17) is 4.74 Å². The number of likely N-dealkylation sites (N-methyl/N-ethyl adjacent to an activating group) is 1. The van der Waals surface area contributed by atoms with Gasteiger partial charge in [-0.15, -0.1) is 0 Å². The fourth-order valence-corrected chi connectivity index (χ4v) is 3.94. The quantitative estimate of drug-likeness (QED) is 0.828. The number of ether oxygens (including phenoxy) is 1. The zero-order valence-corrected chi connectivity index (χ0v) is 13.6. The Bertz CT molecular complexity index is 301. The normalized spacial score (nSPS) is 35.1. The van der Waals surface area contributed by atoms with E-state index in [-0.39, 0.29) is 5.41 Å². The Morgan fingerprint density at radius 2 is 2.00 bits per heavy atom. The molecule has 19 heavy (non-hydrogen) atoms. The van der Waals surface area contributed by atoms with Crippen molar-refractivity contribution in [3.05, 3.63) is 0 Å². The molecule has 2 rings (SSSR count). The molecule has 1 heterocycles. The molecule has 3 nitrogen and oxygen atoms in total. The summed E-state index contributed by atoms with van der Waals surface area (Å²) in [4.78, 5) is 2.29. The van der Waals surface area contributed by atoms with Gasteiger partial charge in [0.25, 0.3) is 0 Å². The van der Waals surface area contributed by atoms with Gasteiger partial charge < -0.3 is 15.0 Å². The van der Waals surface area contributed by atoms with Crippen molar-refractivity contribution in [2.75, 3.05) is 27.2 Å². The van der Waals surface area contributed by atoms with Crippen LogP contribution in [0.2, 0.25) is 0 Å². The van der Waals surface area contributed by atoms with Crippen LogP contribution in [-0.4, -0.2) is 50.3 Å². The highest BCUT2D eigenvalue weighted by molar-refractivity contribution is 5.11. The minimum atomic E-state index is 0.282. The first-order chi connectivity index (χ1) is 8.84. The summed E-state index contributed by atoms with van der Waals surface area (Å²) < 4.78 is 6.00. The molecule has 1 saturated carbocycles. The molecule has 1 aliphatic heterocycles. The second-order valence-electron chi connectivity index (χ2n) is 7.68. The number of hydrogen-bond donors (Lipinski definition) is 1. The highest BCUT2D eigenvalue weighted by Gasteiger charge is 2.58. The van der Waals surface area contributed by atoms with Crippen LogP contribution in [-0.2, 0) is 4.74 Å². The van der Waals surface area contributed by atoms with E-state index in [9.17, 15) is 0 Å². The average Bonchev–Trinajstić information content (AvgIpc) is 2.33. The first-order valence-corrected chi connectivity index (χ1v) is 7.86. The smallest absolute Gasteiger partial charge is 0.0684 e. The number of rotatable bonds is 5. The van der Waals surface area contributed by atoms with Crippen molar-refractivity contribution in [1.82, 2.24) is 10.2 Å². The first-order valence-electron chi connectivity index (χ1n) is 7.86. The Balaban J connectivity index is 2.00. The Morgan fingerprint density at radius 1 is 1.32 bits per heavy atom. The van der Waals surface area contributed by atoms with Crippen molar-refractivity contribution in [1.29, 1.82) is 0 Å². The van der Waals surface area contributed by atoms with Crippen LogP contribution in [0.25, 0.3) is 0 Å². The maximum atomic E-state index is 6.00. The third-order valence-electron chi connectivity index (χ3n) is 5.09. The lowest BCUT2D eigenvalue weighted by molar-refractivity contribution is -0.195. The molecule has 1 aliphatic carbocycles. The molecule has 0 aromatic heterocycles. The van der Waals surface area contributed by atoms with E-state index in [1.807, 2.05) is 0 Å². The van der Waals surface area contributed by atoms with E-state index >= 15 is 0 Å². The van der Waals surface area contributed by atoms with Crippen molar-refractivity contribution >= 4 is 0 Å². The van der Waals surface area contributed by atoms with Gasteiger partial charge in [-0.2, -0.15) is 0 Å². The minimum absolute atomic E-state index is 0.282. The zero-order valence-electron chi connectivity index (χ0n) is 13.6. The third-order valence-corrected chi connectivity index (χ3v) is 5.09. The van der Waals surface area contributed by atoms with Gasteiger partial charge in [0.1, 0.15) is 0 Å². The molecule has 4 unspecified atom stereocenters. The Labute approximate surface area is 119 Å². The number of hydrogen-bond acceptors (Lipinski definition) is 3. The number of nitrogens with zero attached hydrogens (tertiary/aromatic N) is 1. The van der Waals surface area contributed by atoms with Crippen molar-refractivity contribution in [3.8, 4) is 0 Å². The van der Waals surface area contributed by atoms with Crippen LogP contribution >= 0.6 is 0 Å². The predicted molar refractivity (Wildman–Crippen MR) is 80.3 cm³/mol. The van der Waals surface area contributed by atoms with Gasteiger partial charge in [-0.25, -0.2) is 0 Å². The van der Waals surface area contributed by atoms with Crippen LogP contribution in [0.4, 0.5) is 0 Å². The average molecular weight is 268 g/mol. The van der Waals surface area contributed by atoms with Crippen molar-refractivity contribution in [2.24, 2.45) is 17.3 Å². The molecule has 0 spiro atoms. The zero-order chi connectivity index (χ0) is 14.2. The SMILES string of the molecule is CC(C)C(CN(C)C)NC1C2CCCOC2C1(C)C. The number of fused-ring (bicyclic) bond motifs is 1. The predicted octanol–water partition coefficient (Wildman–Crippen LogP) is 2.37.